The molecule has 0 saturated carbocycles. The molecule has 4 heteroatoms. The van der Waals surface area contributed by atoms with Crippen LogP contribution in [0.5, 0.6) is 5.75 Å². The second-order valence-corrected chi connectivity index (χ2v) is 5.10. The number of nitrogens with one attached hydrogen (secondary N) is 1. The van der Waals surface area contributed by atoms with Crippen LogP contribution in [0.3, 0.4) is 0 Å². The van der Waals surface area contributed by atoms with E-state index in [0.29, 0.717) is 6.61 Å². The molecular weight excluding hydrogens is 240 g/mol. The van der Waals surface area contributed by atoms with Crippen LogP contribution in [0.2, 0.25) is 0 Å². The lowest BCUT2D eigenvalue weighted by atomic mass is 10.2. The van der Waals surface area contributed by atoms with Gasteiger partial charge < -0.3 is 15.2 Å². The minimum atomic E-state index is 0.206. The van der Waals surface area contributed by atoms with Gasteiger partial charge in [0.05, 0.1) is 6.61 Å². The van der Waals surface area contributed by atoms with E-state index in [0.717, 1.165) is 38.3 Å². The molecule has 0 aliphatic carbocycles. The second kappa shape index (κ2) is 7.48. The van der Waals surface area contributed by atoms with Gasteiger partial charge in [-0.2, -0.15) is 0 Å². The van der Waals surface area contributed by atoms with E-state index in [9.17, 15) is 5.11 Å². The molecule has 2 rings (SSSR count). The van der Waals surface area contributed by atoms with E-state index in [1.54, 1.807) is 0 Å². The lowest BCUT2D eigenvalue weighted by molar-refractivity contribution is 0.115. The van der Waals surface area contributed by atoms with Gasteiger partial charge in [-0.05, 0) is 44.1 Å². The largest absolute Gasteiger partial charge is 0.492 e. The predicted octanol–water partition coefficient (Wildman–Crippen LogP) is 1.03. The number of hydrogen-bond donors (Lipinski definition) is 2. The van der Waals surface area contributed by atoms with Crippen LogP contribution in [0, 0.1) is 6.92 Å². The van der Waals surface area contributed by atoms with E-state index in [2.05, 4.69) is 23.2 Å². The van der Waals surface area contributed by atoms with Crippen LogP contribution in [-0.4, -0.2) is 55.4 Å². The summed E-state index contributed by atoms with van der Waals surface area (Å²) in [4.78, 5) is 2.32. The topological polar surface area (TPSA) is 44.7 Å². The quantitative estimate of drug-likeness (QED) is 0.834. The van der Waals surface area contributed by atoms with Crippen molar-refractivity contribution in [1.82, 2.24) is 10.2 Å². The van der Waals surface area contributed by atoms with Gasteiger partial charge in [-0.25, -0.2) is 0 Å². The fourth-order valence-corrected chi connectivity index (χ4v) is 2.45. The standard InChI is InChI=1S/C15H24N2O2/c1-13-4-2-5-15(10-13)19-9-8-17-7-3-6-16-11-14(17)12-18/h2,4-5,10,14,16,18H,3,6-9,11-12H2,1H3. The van der Waals surface area contributed by atoms with Crippen molar-refractivity contribution in [2.45, 2.75) is 19.4 Å². The first-order valence-electron chi connectivity index (χ1n) is 7.04. The first kappa shape index (κ1) is 14.3. The zero-order valence-corrected chi connectivity index (χ0v) is 11.6. The molecule has 0 aromatic heterocycles. The molecule has 1 saturated heterocycles. The number of ether oxygens (including phenoxy) is 1. The molecule has 1 aromatic rings. The van der Waals surface area contributed by atoms with Gasteiger partial charge in [-0.15, -0.1) is 0 Å². The molecule has 4 nitrogen and oxygen atoms in total. The molecule has 2 N–H and O–H groups in total. The van der Waals surface area contributed by atoms with Gasteiger partial charge in [0, 0.05) is 19.1 Å². The van der Waals surface area contributed by atoms with E-state index in [4.69, 9.17) is 4.74 Å². The molecule has 0 spiro atoms. The van der Waals surface area contributed by atoms with Crippen molar-refractivity contribution in [3.8, 4) is 5.75 Å². The van der Waals surface area contributed by atoms with E-state index >= 15 is 0 Å². The lowest BCUT2D eigenvalue weighted by Gasteiger charge is -2.27. The third kappa shape index (κ3) is 4.49. The predicted molar refractivity (Wildman–Crippen MR) is 76.6 cm³/mol. The Kier molecular flexibility index (Phi) is 5.63. The van der Waals surface area contributed by atoms with Crippen molar-refractivity contribution in [3.63, 3.8) is 0 Å². The molecule has 106 valence electrons. The fraction of sp³-hybridized carbons (Fsp3) is 0.600. The third-order valence-corrected chi connectivity index (χ3v) is 3.54. The van der Waals surface area contributed by atoms with E-state index in [1.807, 2.05) is 18.2 Å². The molecule has 1 aliphatic rings. The molecule has 1 aromatic carbocycles. The maximum absolute atomic E-state index is 9.42. The molecule has 1 unspecified atom stereocenters. The summed E-state index contributed by atoms with van der Waals surface area (Å²) in [7, 11) is 0. The van der Waals surface area contributed by atoms with Crippen molar-refractivity contribution in [2.24, 2.45) is 0 Å². The van der Waals surface area contributed by atoms with Crippen LogP contribution in [0.15, 0.2) is 24.3 Å². The van der Waals surface area contributed by atoms with Crippen LogP contribution < -0.4 is 10.1 Å². The highest BCUT2D eigenvalue weighted by molar-refractivity contribution is 5.27. The Morgan fingerprint density at radius 1 is 1.47 bits per heavy atom. The van der Waals surface area contributed by atoms with Crippen molar-refractivity contribution in [2.75, 3.05) is 39.4 Å². The number of rotatable bonds is 5. The number of benzene rings is 1. The average Bonchev–Trinajstić information content (AvgIpc) is 2.64. The Bertz CT molecular complexity index is 384. The van der Waals surface area contributed by atoms with Crippen molar-refractivity contribution in [1.29, 1.82) is 0 Å². The maximum atomic E-state index is 9.42. The Morgan fingerprint density at radius 2 is 2.37 bits per heavy atom. The molecule has 1 atom stereocenters. The summed E-state index contributed by atoms with van der Waals surface area (Å²) in [5, 5.41) is 12.8. The summed E-state index contributed by atoms with van der Waals surface area (Å²) in [6.45, 7) is 6.72. The first-order chi connectivity index (χ1) is 9.29. The van der Waals surface area contributed by atoms with Crippen LogP contribution in [0.25, 0.3) is 0 Å². The number of aliphatic hydroxyl groups excluding tert-OH is 1. The highest BCUT2D eigenvalue weighted by atomic mass is 16.5. The third-order valence-electron chi connectivity index (χ3n) is 3.54. The summed E-state index contributed by atoms with van der Waals surface area (Å²) in [5.41, 5.74) is 1.21. The minimum absolute atomic E-state index is 0.206. The van der Waals surface area contributed by atoms with Gasteiger partial charge in [-0.3, -0.25) is 4.90 Å². The Hall–Kier alpha value is -1.10. The molecular formula is C15H24N2O2. The lowest BCUT2D eigenvalue weighted by Crippen LogP contribution is -2.44. The summed E-state index contributed by atoms with van der Waals surface area (Å²) < 4.78 is 5.78. The smallest absolute Gasteiger partial charge is 0.119 e. The number of hydrogen-bond acceptors (Lipinski definition) is 4. The zero-order valence-electron chi connectivity index (χ0n) is 11.6. The van der Waals surface area contributed by atoms with Crippen LogP contribution >= 0.6 is 0 Å². The summed E-state index contributed by atoms with van der Waals surface area (Å²) in [6.07, 6.45) is 1.13. The van der Waals surface area contributed by atoms with Crippen molar-refractivity contribution in [3.05, 3.63) is 29.8 Å². The van der Waals surface area contributed by atoms with Crippen LogP contribution in [0.1, 0.15) is 12.0 Å². The van der Waals surface area contributed by atoms with Crippen molar-refractivity contribution < 1.29 is 9.84 Å². The van der Waals surface area contributed by atoms with E-state index in [-0.39, 0.29) is 12.6 Å². The van der Waals surface area contributed by atoms with Gasteiger partial charge in [0.25, 0.3) is 0 Å². The van der Waals surface area contributed by atoms with Crippen LogP contribution in [0.4, 0.5) is 0 Å². The fourth-order valence-electron chi connectivity index (χ4n) is 2.45. The molecule has 0 bridgehead atoms. The van der Waals surface area contributed by atoms with Crippen LogP contribution in [-0.2, 0) is 0 Å². The van der Waals surface area contributed by atoms with E-state index < -0.39 is 0 Å². The molecule has 0 amide bonds. The Balaban J connectivity index is 1.80. The Labute approximate surface area is 115 Å². The molecule has 19 heavy (non-hydrogen) atoms. The summed E-state index contributed by atoms with van der Waals surface area (Å²) in [5.74, 6) is 0.925. The number of aliphatic hydroxyl groups is 1. The monoisotopic (exact) mass is 264 g/mol. The first-order valence-corrected chi connectivity index (χ1v) is 7.04. The van der Waals surface area contributed by atoms with E-state index in [1.165, 1.54) is 5.56 Å². The summed E-state index contributed by atoms with van der Waals surface area (Å²) >= 11 is 0. The summed E-state index contributed by atoms with van der Waals surface area (Å²) in [6, 6.07) is 8.32. The van der Waals surface area contributed by atoms with Gasteiger partial charge in [0.15, 0.2) is 0 Å². The molecule has 0 radical (unpaired) electrons. The maximum Gasteiger partial charge on any atom is 0.119 e. The number of nitrogens with zero attached hydrogens (tertiary/aromatic N) is 1. The van der Waals surface area contributed by atoms with Gasteiger partial charge in [0.1, 0.15) is 12.4 Å². The highest BCUT2D eigenvalue weighted by Gasteiger charge is 2.19. The zero-order chi connectivity index (χ0) is 13.5. The van der Waals surface area contributed by atoms with Gasteiger partial charge in [-0.1, -0.05) is 12.1 Å². The number of aryl methyl sites for hydroxylation is 1. The molecule has 1 heterocycles. The normalized spacial score (nSPS) is 21.1. The molecule has 1 fully saturated rings. The van der Waals surface area contributed by atoms with Gasteiger partial charge >= 0.3 is 0 Å². The van der Waals surface area contributed by atoms with Gasteiger partial charge in [0.2, 0.25) is 0 Å². The Morgan fingerprint density at radius 3 is 3.16 bits per heavy atom. The SMILES string of the molecule is Cc1cccc(OCCN2CCCNCC2CO)c1. The minimum Gasteiger partial charge on any atom is -0.492 e. The molecule has 1 aliphatic heterocycles. The van der Waals surface area contributed by atoms with Crippen molar-refractivity contribution >= 4 is 0 Å². The average molecular weight is 264 g/mol. The second-order valence-electron chi connectivity index (χ2n) is 5.10. The highest BCUT2D eigenvalue weighted by Crippen LogP contribution is 2.12.